The molecule has 2 nitrogen and oxygen atoms in total. The number of hydrogen-bond acceptors (Lipinski definition) is 2. The summed E-state index contributed by atoms with van der Waals surface area (Å²) in [6, 6.07) is 0.625. The first-order chi connectivity index (χ1) is 3.30. The van der Waals surface area contributed by atoms with Gasteiger partial charge in [-0.05, 0) is 19.8 Å². The van der Waals surface area contributed by atoms with Gasteiger partial charge in [0.25, 0.3) is 0 Å². The maximum absolute atomic E-state index is 5.51. The largest absolute Gasteiger partial charge is 0.269 e. The van der Waals surface area contributed by atoms with Crippen molar-refractivity contribution in [3.05, 3.63) is 0 Å². The van der Waals surface area contributed by atoms with Crippen LogP contribution in [-0.2, 0) is 0 Å². The summed E-state index contributed by atoms with van der Waals surface area (Å²) in [6.45, 7) is 3.24. The smallest absolute Gasteiger partial charge is 0.0213 e. The SMILES string of the molecule is CC1CCCN1N. The van der Waals surface area contributed by atoms with Crippen LogP contribution in [0.3, 0.4) is 0 Å². The van der Waals surface area contributed by atoms with Gasteiger partial charge in [-0.1, -0.05) is 0 Å². The molecule has 2 heteroatoms. The highest BCUT2D eigenvalue weighted by atomic mass is 15.4. The summed E-state index contributed by atoms with van der Waals surface area (Å²) in [5, 5.41) is 1.90. The monoisotopic (exact) mass is 100 g/mol. The average Bonchev–Trinajstić information content (AvgIpc) is 1.91. The Morgan fingerprint density at radius 2 is 2.43 bits per heavy atom. The molecule has 0 amide bonds. The molecule has 1 aliphatic heterocycles. The molecule has 7 heavy (non-hydrogen) atoms. The van der Waals surface area contributed by atoms with Gasteiger partial charge < -0.3 is 0 Å². The fourth-order valence-electron chi connectivity index (χ4n) is 0.955. The summed E-state index contributed by atoms with van der Waals surface area (Å²) in [4.78, 5) is 0. The molecular weight excluding hydrogens is 88.1 g/mol. The van der Waals surface area contributed by atoms with E-state index in [0.717, 1.165) is 6.54 Å². The first-order valence-electron chi connectivity index (χ1n) is 2.82. The molecule has 0 saturated carbocycles. The fraction of sp³-hybridized carbons (Fsp3) is 1.00. The molecule has 0 bridgehead atoms. The molecule has 1 unspecified atom stereocenters. The van der Waals surface area contributed by atoms with Crippen LogP contribution in [0.2, 0.25) is 0 Å². The van der Waals surface area contributed by atoms with E-state index in [1.807, 2.05) is 5.01 Å². The lowest BCUT2D eigenvalue weighted by Gasteiger charge is -2.11. The van der Waals surface area contributed by atoms with Crippen molar-refractivity contribution in [2.75, 3.05) is 6.54 Å². The van der Waals surface area contributed by atoms with Gasteiger partial charge in [0.2, 0.25) is 0 Å². The molecule has 1 aliphatic rings. The predicted molar refractivity (Wildman–Crippen MR) is 29.6 cm³/mol. The maximum Gasteiger partial charge on any atom is 0.0213 e. The summed E-state index contributed by atoms with van der Waals surface area (Å²) in [5.41, 5.74) is 0. The molecule has 1 rings (SSSR count). The van der Waals surface area contributed by atoms with Crippen molar-refractivity contribution in [3.8, 4) is 0 Å². The van der Waals surface area contributed by atoms with Crippen LogP contribution >= 0.6 is 0 Å². The zero-order chi connectivity index (χ0) is 5.28. The number of nitrogens with two attached hydrogens (primary N) is 1. The molecular formula is C5H12N2. The fourth-order valence-corrected chi connectivity index (χ4v) is 0.955. The van der Waals surface area contributed by atoms with Crippen molar-refractivity contribution in [3.63, 3.8) is 0 Å². The van der Waals surface area contributed by atoms with E-state index >= 15 is 0 Å². The van der Waals surface area contributed by atoms with Crippen LogP contribution < -0.4 is 5.84 Å². The first-order valence-corrected chi connectivity index (χ1v) is 2.82. The lowest BCUT2D eigenvalue weighted by atomic mass is 10.3. The van der Waals surface area contributed by atoms with Crippen molar-refractivity contribution in [1.82, 2.24) is 5.01 Å². The van der Waals surface area contributed by atoms with Crippen LogP contribution in [0.25, 0.3) is 0 Å². The van der Waals surface area contributed by atoms with Gasteiger partial charge >= 0.3 is 0 Å². The highest BCUT2D eigenvalue weighted by Gasteiger charge is 2.15. The first kappa shape index (κ1) is 5.06. The molecule has 0 aromatic carbocycles. The Hall–Kier alpha value is -0.0800. The van der Waals surface area contributed by atoms with E-state index in [1.165, 1.54) is 12.8 Å². The van der Waals surface area contributed by atoms with Crippen LogP contribution in [0.15, 0.2) is 0 Å². The Morgan fingerprint density at radius 1 is 1.71 bits per heavy atom. The third-order valence-electron chi connectivity index (χ3n) is 1.60. The molecule has 1 saturated heterocycles. The third-order valence-corrected chi connectivity index (χ3v) is 1.60. The predicted octanol–water partition coefficient (Wildman–Crippen LogP) is 0.344. The molecule has 1 fully saturated rings. The summed E-state index contributed by atoms with van der Waals surface area (Å²) >= 11 is 0. The van der Waals surface area contributed by atoms with Gasteiger partial charge in [-0.25, -0.2) is 5.01 Å². The normalized spacial score (nSPS) is 34.3. The lowest BCUT2D eigenvalue weighted by molar-refractivity contribution is 0.278. The lowest BCUT2D eigenvalue weighted by Crippen LogP contribution is -2.33. The zero-order valence-corrected chi connectivity index (χ0v) is 4.72. The summed E-state index contributed by atoms with van der Waals surface area (Å²) < 4.78 is 0. The highest BCUT2D eigenvalue weighted by Crippen LogP contribution is 2.10. The van der Waals surface area contributed by atoms with Crippen molar-refractivity contribution in [1.29, 1.82) is 0 Å². The highest BCUT2D eigenvalue weighted by molar-refractivity contribution is 4.68. The van der Waals surface area contributed by atoms with Gasteiger partial charge in [-0.2, -0.15) is 0 Å². The van der Waals surface area contributed by atoms with Gasteiger partial charge in [0, 0.05) is 12.6 Å². The molecule has 1 heterocycles. The van der Waals surface area contributed by atoms with E-state index in [1.54, 1.807) is 0 Å². The molecule has 0 aromatic rings. The number of nitrogens with zero attached hydrogens (tertiary/aromatic N) is 1. The van der Waals surface area contributed by atoms with E-state index < -0.39 is 0 Å². The third kappa shape index (κ3) is 0.924. The Kier molecular flexibility index (Phi) is 1.30. The van der Waals surface area contributed by atoms with Crippen LogP contribution in [0.1, 0.15) is 19.8 Å². The van der Waals surface area contributed by atoms with Gasteiger partial charge in [-0.3, -0.25) is 5.84 Å². The molecule has 42 valence electrons. The van der Waals surface area contributed by atoms with Crippen molar-refractivity contribution in [2.45, 2.75) is 25.8 Å². The Labute approximate surface area is 44.3 Å². The Morgan fingerprint density at radius 3 is 2.57 bits per heavy atom. The van der Waals surface area contributed by atoms with Gasteiger partial charge in [0.15, 0.2) is 0 Å². The van der Waals surface area contributed by atoms with Crippen molar-refractivity contribution >= 4 is 0 Å². The van der Waals surface area contributed by atoms with Gasteiger partial charge in [-0.15, -0.1) is 0 Å². The second kappa shape index (κ2) is 1.80. The minimum Gasteiger partial charge on any atom is -0.269 e. The quantitative estimate of drug-likeness (QED) is 0.445. The average molecular weight is 100 g/mol. The maximum atomic E-state index is 5.51. The molecule has 0 aromatic heterocycles. The van der Waals surface area contributed by atoms with Crippen molar-refractivity contribution < 1.29 is 0 Å². The minimum absolute atomic E-state index is 0.625. The van der Waals surface area contributed by atoms with E-state index in [9.17, 15) is 0 Å². The van der Waals surface area contributed by atoms with Crippen molar-refractivity contribution in [2.24, 2.45) is 5.84 Å². The second-order valence-corrected chi connectivity index (χ2v) is 2.23. The summed E-state index contributed by atoms with van der Waals surface area (Å²) in [7, 11) is 0. The topological polar surface area (TPSA) is 29.3 Å². The Balaban J connectivity index is 2.33. The van der Waals surface area contributed by atoms with Crippen LogP contribution in [0, 0.1) is 0 Å². The van der Waals surface area contributed by atoms with E-state index in [0.29, 0.717) is 6.04 Å². The minimum atomic E-state index is 0.625. The van der Waals surface area contributed by atoms with E-state index in [4.69, 9.17) is 5.84 Å². The van der Waals surface area contributed by atoms with Crippen LogP contribution in [0.4, 0.5) is 0 Å². The number of rotatable bonds is 0. The Bertz CT molecular complexity index is 55.1. The second-order valence-electron chi connectivity index (χ2n) is 2.23. The van der Waals surface area contributed by atoms with Crippen LogP contribution in [-0.4, -0.2) is 17.6 Å². The van der Waals surface area contributed by atoms with Gasteiger partial charge in [0.1, 0.15) is 0 Å². The number of hydrogen-bond donors (Lipinski definition) is 1. The summed E-state index contributed by atoms with van der Waals surface area (Å²) in [6.07, 6.45) is 2.55. The van der Waals surface area contributed by atoms with Gasteiger partial charge in [0.05, 0.1) is 0 Å². The van der Waals surface area contributed by atoms with Crippen LogP contribution in [0.5, 0.6) is 0 Å². The van der Waals surface area contributed by atoms with E-state index in [-0.39, 0.29) is 0 Å². The van der Waals surface area contributed by atoms with E-state index in [2.05, 4.69) is 6.92 Å². The molecule has 0 aliphatic carbocycles. The molecule has 1 atom stereocenters. The molecule has 0 radical (unpaired) electrons. The number of hydrazine groups is 1. The standard InChI is InChI=1S/C5H12N2/c1-5-3-2-4-7(5)6/h5H,2-4,6H2,1H3. The summed E-state index contributed by atoms with van der Waals surface area (Å²) in [5.74, 6) is 5.51. The molecule has 2 N–H and O–H groups in total. The zero-order valence-electron chi connectivity index (χ0n) is 4.72. The molecule has 0 spiro atoms.